The number of fused-ring (bicyclic) bond motifs is 4. The molecule has 0 saturated heterocycles. The van der Waals surface area contributed by atoms with Crippen LogP contribution in [0.2, 0.25) is 0 Å². The van der Waals surface area contributed by atoms with Gasteiger partial charge in [-0.2, -0.15) is 0 Å². The Kier molecular flexibility index (Phi) is 7.81. The van der Waals surface area contributed by atoms with Gasteiger partial charge in [0.2, 0.25) is 0 Å². The molecule has 10 rings (SSSR count). The lowest BCUT2D eigenvalue weighted by molar-refractivity contribution is 0.660. The highest BCUT2D eigenvalue weighted by molar-refractivity contribution is 5.99. The summed E-state index contributed by atoms with van der Waals surface area (Å²) in [5.41, 5.74) is 14.9. The lowest BCUT2D eigenvalue weighted by Gasteiger charge is -2.21. The molecule has 0 N–H and O–H groups in total. The monoisotopic (exact) mass is 703 g/mol. The second-order valence-corrected chi connectivity index (χ2v) is 14.8. The summed E-state index contributed by atoms with van der Waals surface area (Å²) >= 11 is 0. The van der Waals surface area contributed by atoms with Gasteiger partial charge >= 0.3 is 0 Å². The van der Waals surface area contributed by atoms with Crippen molar-refractivity contribution in [2.75, 3.05) is 0 Å². The van der Waals surface area contributed by atoms with Crippen LogP contribution in [-0.4, -0.2) is 15.0 Å². The minimum atomic E-state index is -0.0344. The Hall–Kier alpha value is -6.97. The summed E-state index contributed by atoms with van der Waals surface area (Å²) in [4.78, 5) is 15.9. The maximum Gasteiger partial charge on any atom is 0.164 e. The SMILES string of the molecule is CC1(C)c2ccccc2-c2cc(-c3ccc4cccc(-c5nc(-c6ccccc6-c6ccccc6)nc(-c6ccccc6-c6ccccc6)n5)c4c3)ccc21. The third-order valence-electron chi connectivity index (χ3n) is 11.2. The summed E-state index contributed by atoms with van der Waals surface area (Å²) in [5.74, 6) is 1.91. The lowest BCUT2D eigenvalue weighted by Crippen LogP contribution is -2.14. The van der Waals surface area contributed by atoms with E-state index in [1.165, 1.54) is 27.8 Å². The van der Waals surface area contributed by atoms with Crippen LogP contribution in [0.25, 0.3) is 89.4 Å². The van der Waals surface area contributed by atoms with E-state index in [0.717, 1.165) is 55.3 Å². The van der Waals surface area contributed by atoms with Crippen LogP contribution < -0.4 is 0 Å². The molecule has 0 unspecified atom stereocenters. The largest absolute Gasteiger partial charge is 0.208 e. The summed E-state index contributed by atoms with van der Waals surface area (Å²) in [6, 6.07) is 66.6. The van der Waals surface area contributed by atoms with Gasteiger partial charge in [-0.05, 0) is 78.5 Å². The summed E-state index contributed by atoms with van der Waals surface area (Å²) in [6.45, 7) is 4.65. The standard InChI is InChI=1S/C52H37N3/c1-52(2)47-27-14-13-23-41(47)46-33-38(30-31-48(46)52)37-29-28-36-20-15-26-44(45(36)32-37)51-54-49(42-24-11-9-21-39(42)34-16-5-3-6-17-34)53-50(55-51)43-25-12-10-22-40(43)35-18-7-4-8-19-35/h3-33H,1-2H3. The first-order valence-electron chi connectivity index (χ1n) is 18.9. The van der Waals surface area contributed by atoms with Gasteiger partial charge in [0.1, 0.15) is 0 Å². The maximum atomic E-state index is 5.31. The normalized spacial score (nSPS) is 12.7. The van der Waals surface area contributed by atoms with Crippen molar-refractivity contribution in [3.63, 3.8) is 0 Å². The van der Waals surface area contributed by atoms with Crippen molar-refractivity contribution >= 4 is 10.8 Å². The highest BCUT2D eigenvalue weighted by Crippen LogP contribution is 2.49. The van der Waals surface area contributed by atoms with Crippen molar-refractivity contribution in [1.29, 1.82) is 0 Å². The molecule has 1 aliphatic carbocycles. The van der Waals surface area contributed by atoms with Gasteiger partial charge in [0.05, 0.1) is 0 Å². The molecule has 0 aliphatic heterocycles. The molecule has 0 fully saturated rings. The third-order valence-corrected chi connectivity index (χ3v) is 11.2. The Morgan fingerprint density at radius 2 is 0.764 bits per heavy atom. The van der Waals surface area contributed by atoms with Crippen LogP contribution in [0.3, 0.4) is 0 Å². The maximum absolute atomic E-state index is 5.31. The minimum Gasteiger partial charge on any atom is -0.208 e. The molecule has 0 amide bonds. The van der Waals surface area contributed by atoms with Crippen LogP contribution in [0.1, 0.15) is 25.0 Å². The fraction of sp³-hybridized carbons (Fsp3) is 0.0577. The Balaban J connectivity index is 1.18. The fourth-order valence-corrected chi connectivity index (χ4v) is 8.38. The van der Waals surface area contributed by atoms with Crippen molar-refractivity contribution in [1.82, 2.24) is 15.0 Å². The van der Waals surface area contributed by atoms with E-state index in [1.807, 2.05) is 12.1 Å². The summed E-state index contributed by atoms with van der Waals surface area (Å²) in [6.07, 6.45) is 0. The van der Waals surface area contributed by atoms with Gasteiger partial charge in [0.15, 0.2) is 17.5 Å². The van der Waals surface area contributed by atoms with Gasteiger partial charge in [-0.3, -0.25) is 0 Å². The average Bonchev–Trinajstić information content (AvgIpc) is 3.49. The molecule has 3 heteroatoms. The van der Waals surface area contributed by atoms with Gasteiger partial charge < -0.3 is 0 Å². The van der Waals surface area contributed by atoms with Crippen LogP contribution in [0.5, 0.6) is 0 Å². The van der Waals surface area contributed by atoms with E-state index in [0.29, 0.717) is 17.5 Å². The smallest absolute Gasteiger partial charge is 0.164 e. The van der Waals surface area contributed by atoms with Crippen molar-refractivity contribution in [3.05, 3.63) is 199 Å². The molecule has 1 heterocycles. The average molecular weight is 704 g/mol. The highest BCUT2D eigenvalue weighted by Gasteiger charge is 2.35. The van der Waals surface area contributed by atoms with E-state index in [-0.39, 0.29) is 5.41 Å². The predicted molar refractivity (Wildman–Crippen MR) is 228 cm³/mol. The number of rotatable bonds is 6. The molecule has 260 valence electrons. The molecule has 0 spiro atoms. The van der Waals surface area contributed by atoms with Crippen LogP contribution in [0, 0.1) is 0 Å². The Labute approximate surface area is 321 Å². The van der Waals surface area contributed by atoms with Crippen LogP contribution in [0.4, 0.5) is 0 Å². The molecule has 0 radical (unpaired) electrons. The van der Waals surface area contributed by atoms with Gasteiger partial charge in [0, 0.05) is 22.1 Å². The number of aromatic nitrogens is 3. The molecule has 0 bridgehead atoms. The predicted octanol–water partition coefficient (Wildman–Crippen LogP) is 13.3. The molecular weight excluding hydrogens is 667 g/mol. The molecular formula is C52H37N3. The zero-order valence-electron chi connectivity index (χ0n) is 30.7. The second kappa shape index (κ2) is 13.2. The van der Waals surface area contributed by atoms with Crippen LogP contribution >= 0.6 is 0 Å². The lowest BCUT2D eigenvalue weighted by atomic mass is 9.82. The molecule has 9 aromatic rings. The van der Waals surface area contributed by atoms with Crippen molar-refractivity contribution in [3.8, 4) is 78.7 Å². The van der Waals surface area contributed by atoms with Crippen molar-refractivity contribution < 1.29 is 0 Å². The highest BCUT2D eigenvalue weighted by atomic mass is 15.0. The van der Waals surface area contributed by atoms with Crippen LogP contribution in [0.15, 0.2) is 188 Å². The van der Waals surface area contributed by atoms with E-state index in [2.05, 4.69) is 190 Å². The molecule has 8 aromatic carbocycles. The first-order valence-corrected chi connectivity index (χ1v) is 18.9. The second-order valence-electron chi connectivity index (χ2n) is 14.8. The van der Waals surface area contributed by atoms with Crippen LogP contribution in [-0.2, 0) is 5.41 Å². The zero-order valence-corrected chi connectivity index (χ0v) is 30.7. The Morgan fingerprint density at radius 1 is 0.309 bits per heavy atom. The minimum absolute atomic E-state index is 0.0344. The molecule has 0 atom stereocenters. The fourth-order valence-electron chi connectivity index (χ4n) is 8.38. The first-order chi connectivity index (χ1) is 27.0. The van der Waals surface area contributed by atoms with Crippen molar-refractivity contribution in [2.24, 2.45) is 0 Å². The molecule has 3 nitrogen and oxygen atoms in total. The van der Waals surface area contributed by atoms with E-state index in [1.54, 1.807) is 0 Å². The van der Waals surface area contributed by atoms with Gasteiger partial charge in [0.25, 0.3) is 0 Å². The Bertz CT molecular complexity index is 2790. The molecule has 1 aliphatic rings. The van der Waals surface area contributed by atoms with E-state index in [4.69, 9.17) is 15.0 Å². The molecule has 0 saturated carbocycles. The third kappa shape index (κ3) is 5.64. The topological polar surface area (TPSA) is 38.7 Å². The van der Waals surface area contributed by atoms with Gasteiger partial charge in [-0.15, -0.1) is 0 Å². The van der Waals surface area contributed by atoms with E-state index < -0.39 is 0 Å². The summed E-state index contributed by atoms with van der Waals surface area (Å²) < 4.78 is 0. The number of hydrogen-bond acceptors (Lipinski definition) is 3. The number of benzene rings is 8. The van der Waals surface area contributed by atoms with E-state index >= 15 is 0 Å². The number of hydrogen-bond donors (Lipinski definition) is 0. The first kappa shape index (κ1) is 32.7. The zero-order chi connectivity index (χ0) is 36.9. The van der Waals surface area contributed by atoms with Gasteiger partial charge in [-0.25, -0.2) is 15.0 Å². The van der Waals surface area contributed by atoms with E-state index in [9.17, 15) is 0 Å². The Morgan fingerprint density at radius 3 is 1.38 bits per heavy atom. The quantitative estimate of drug-likeness (QED) is 0.173. The summed E-state index contributed by atoms with van der Waals surface area (Å²) in [7, 11) is 0. The number of nitrogens with zero attached hydrogens (tertiary/aromatic N) is 3. The molecule has 1 aromatic heterocycles. The summed E-state index contributed by atoms with van der Waals surface area (Å²) in [5, 5.41) is 2.23. The molecule has 55 heavy (non-hydrogen) atoms. The van der Waals surface area contributed by atoms with Crippen molar-refractivity contribution in [2.45, 2.75) is 19.3 Å². The van der Waals surface area contributed by atoms with Gasteiger partial charge in [-0.1, -0.05) is 190 Å².